The third-order valence-corrected chi connectivity index (χ3v) is 3.35. The quantitative estimate of drug-likeness (QED) is 0.528. The van der Waals surface area contributed by atoms with Crippen LogP contribution in [0.2, 0.25) is 0 Å². The molecule has 2 rings (SSSR count). The van der Waals surface area contributed by atoms with Crippen LogP contribution in [0.3, 0.4) is 0 Å². The molecule has 0 N–H and O–H groups in total. The normalized spacial score (nSPS) is 13.2. The SMILES string of the molecule is Fc1ccccc1CC(Cl)c1ccccc1C(F)(F)F. The topological polar surface area (TPSA) is 0 Å². The van der Waals surface area contributed by atoms with E-state index < -0.39 is 22.9 Å². The fraction of sp³-hybridized carbons (Fsp3) is 0.200. The number of hydrogen-bond acceptors (Lipinski definition) is 0. The van der Waals surface area contributed by atoms with Crippen molar-refractivity contribution in [1.82, 2.24) is 0 Å². The standard InChI is InChI=1S/C15H11ClF4/c16-13(9-10-5-1-4-8-14(10)17)11-6-2-3-7-12(11)15(18,19)20/h1-8,13H,9H2. The van der Waals surface area contributed by atoms with Crippen LogP contribution in [0.1, 0.15) is 22.1 Å². The van der Waals surface area contributed by atoms with Crippen molar-refractivity contribution in [3.05, 3.63) is 71.0 Å². The molecule has 5 heteroatoms. The molecule has 0 saturated heterocycles. The van der Waals surface area contributed by atoms with Gasteiger partial charge in [-0.1, -0.05) is 36.4 Å². The molecule has 0 aliphatic carbocycles. The summed E-state index contributed by atoms with van der Waals surface area (Å²) < 4.78 is 52.2. The van der Waals surface area contributed by atoms with Crippen LogP contribution in [0.15, 0.2) is 48.5 Å². The van der Waals surface area contributed by atoms with Gasteiger partial charge in [0.2, 0.25) is 0 Å². The Hall–Kier alpha value is -1.55. The Kier molecular flexibility index (Phi) is 4.33. The Morgan fingerprint density at radius 3 is 2.20 bits per heavy atom. The number of benzene rings is 2. The molecule has 0 nitrogen and oxygen atoms in total. The van der Waals surface area contributed by atoms with Crippen LogP contribution < -0.4 is 0 Å². The maximum atomic E-state index is 13.5. The minimum atomic E-state index is -4.47. The summed E-state index contributed by atoms with van der Waals surface area (Å²) in [7, 11) is 0. The van der Waals surface area contributed by atoms with Gasteiger partial charge in [-0.15, -0.1) is 11.6 Å². The number of hydrogen-bond donors (Lipinski definition) is 0. The van der Waals surface area contributed by atoms with Gasteiger partial charge in [0.05, 0.1) is 10.9 Å². The van der Waals surface area contributed by atoms with Crippen LogP contribution in [0.4, 0.5) is 17.6 Å². The molecule has 0 aromatic heterocycles. The summed E-state index contributed by atoms with van der Waals surface area (Å²) in [4.78, 5) is 0. The average molecular weight is 303 g/mol. The Balaban J connectivity index is 2.31. The molecule has 2 aromatic rings. The van der Waals surface area contributed by atoms with Crippen molar-refractivity contribution in [2.24, 2.45) is 0 Å². The maximum absolute atomic E-state index is 13.5. The van der Waals surface area contributed by atoms with E-state index in [2.05, 4.69) is 0 Å². The van der Waals surface area contributed by atoms with Gasteiger partial charge in [0.25, 0.3) is 0 Å². The van der Waals surface area contributed by atoms with Crippen LogP contribution in [0.25, 0.3) is 0 Å². The summed E-state index contributed by atoms with van der Waals surface area (Å²) in [5, 5.41) is -0.940. The van der Waals surface area contributed by atoms with E-state index in [1.54, 1.807) is 6.07 Å². The molecule has 20 heavy (non-hydrogen) atoms. The first-order valence-corrected chi connectivity index (χ1v) is 6.37. The summed E-state index contributed by atoms with van der Waals surface area (Å²) in [5.41, 5.74) is -0.522. The van der Waals surface area contributed by atoms with Crippen molar-refractivity contribution in [3.63, 3.8) is 0 Å². The lowest BCUT2D eigenvalue weighted by Crippen LogP contribution is -2.11. The van der Waals surface area contributed by atoms with Crippen LogP contribution in [0.5, 0.6) is 0 Å². The minimum Gasteiger partial charge on any atom is -0.207 e. The average Bonchev–Trinajstić information content (AvgIpc) is 2.40. The van der Waals surface area contributed by atoms with Crippen LogP contribution in [-0.4, -0.2) is 0 Å². The molecule has 0 radical (unpaired) electrons. The highest BCUT2D eigenvalue weighted by atomic mass is 35.5. The van der Waals surface area contributed by atoms with Gasteiger partial charge in [-0.2, -0.15) is 13.2 Å². The summed E-state index contributed by atoms with van der Waals surface area (Å²) in [5.74, 6) is -0.470. The maximum Gasteiger partial charge on any atom is 0.416 e. The first-order chi connectivity index (χ1) is 9.39. The fourth-order valence-corrected chi connectivity index (χ4v) is 2.35. The highest BCUT2D eigenvalue weighted by Gasteiger charge is 2.34. The van der Waals surface area contributed by atoms with E-state index in [4.69, 9.17) is 11.6 Å². The molecule has 1 atom stereocenters. The number of alkyl halides is 4. The lowest BCUT2D eigenvalue weighted by Gasteiger charge is -2.17. The molecule has 0 amide bonds. The second-order valence-electron chi connectivity index (χ2n) is 4.35. The Morgan fingerprint density at radius 1 is 0.950 bits per heavy atom. The Bertz CT molecular complexity index is 592. The second kappa shape index (κ2) is 5.83. The second-order valence-corrected chi connectivity index (χ2v) is 4.87. The molecule has 0 aliphatic rings. The van der Waals surface area contributed by atoms with Gasteiger partial charge in [0.1, 0.15) is 5.82 Å². The van der Waals surface area contributed by atoms with E-state index in [1.807, 2.05) is 0 Å². The predicted octanol–water partition coefficient (Wildman–Crippen LogP) is 5.37. The van der Waals surface area contributed by atoms with Gasteiger partial charge in [-0.25, -0.2) is 4.39 Å². The van der Waals surface area contributed by atoms with E-state index in [-0.39, 0.29) is 12.0 Å². The van der Waals surface area contributed by atoms with Crippen molar-refractivity contribution in [3.8, 4) is 0 Å². The molecule has 2 aromatic carbocycles. The molecule has 0 heterocycles. The monoisotopic (exact) mass is 302 g/mol. The zero-order valence-electron chi connectivity index (χ0n) is 10.3. The first kappa shape index (κ1) is 14.9. The van der Waals surface area contributed by atoms with Crippen LogP contribution in [0, 0.1) is 5.82 Å². The lowest BCUT2D eigenvalue weighted by molar-refractivity contribution is -0.138. The zero-order chi connectivity index (χ0) is 14.8. The van der Waals surface area contributed by atoms with Crippen molar-refractivity contribution in [2.45, 2.75) is 18.0 Å². The molecule has 0 aliphatic heterocycles. The molecule has 0 saturated carbocycles. The van der Waals surface area contributed by atoms with Gasteiger partial charge in [-0.3, -0.25) is 0 Å². The van der Waals surface area contributed by atoms with E-state index in [0.29, 0.717) is 5.56 Å². The van der Waals surface area contributed by atoms with Crippen molar-refractivity contribution in [1.29, 1.82) is 0 Å². The van der Waals surface area contributed by atoms with E-state index >= 15 is 0 Å². The highest BCUT2D eigenvalue weighted by molar-refractivity contribution is 6.21. The summed E-state index contributed by atoms with van der Waals surface area (Å²) in [6.45, 7) is 0. The van der Waals surface area contributed by atoms with Crippen LogP contribution >= 0.6 is 11.6 Å². The molecule has 106 valence electrons. The highest BCUT2D eigenvalue weighted by Crippen LogP contribution is 2.37. The molecular formula is C15H11ClF4. The summed E-state index contributed by atoms with van der Waals surface area (Å²) in [6.07, 6.45) is -4.47. The van der Waals surface area contributed by atoms with Crippen molar-refractivity contribution in [2.75, 3.05) is 0 Å². The largest absolute Gasteiger partial charge is 0.416 e. The molecule has 0 spiro atoms. The minimum absolute atomic E-state index is 0.00131. The van der Waals surface area contributed by atoms with E-state index in [0.717, 1.165) is 6.07 Å². The molecule has 0 fully saturated rings. The van der Waals surface area contributed by atoms with E-state index in [1.165, 1.54) is 36.4 Å². The smallest absolute Gasteiger partial charge is 0.207 e. The van der Waals surface area contributed by atoms with Gasteiger partial charge >= 0.3 is 6.18 Å². The van der Waals surface area contributed by atoms with Gasteiger partial charge < -0.3 is 0 Å². The van der Waals surface area contributed by atoms with E-state index in [9.17, 15) is 17.6 Å². The number of rotatable bonds is 3. The molecular weight excluding hydrogens is 292 g/mol. The Morgan fingerprint density at radius 2 is 1.55 bits per heavy atom. The molecule has 1 unspecified atom stereocenters. The predicted molar refractivity (Wildman–Crippen MR) is 70.1 cm³/mol. The van der Waals surface area contributed by atoms with Gasteiger partial charge in [0.15, 0.2) is 0 Å². The summed E-state index contributed by atoms with van der Waals surface area (Å²) in [6, 6.07) is 11.0. The third kappa shape index (κ3) is 3.31. The first-order valence-electron chi connectivity index (χ1n) is 5.93. The fourth-order valence-electron chi connectivity index (χ4n) is 2.00. The van der Waals surface area contributed by atoms with Crippen molar-refractivity contribution >= 4 is 11.6 Å². The zero-order valence-corrected chi connectivity index (χ0v) is 11.0. The molecule has 0 bridgehead atoms. The summed E-state index contributed by atoms with van der Waals surface area (Å²) >= 11 is 6.06. The van der Waals surface area contributed by atoms with Gasteiger partial charge in [-0.05, 0) is 29.7 Å². The van der Waals surface area contributed by atoms with Crippen molar-refractivity contribution < 1.29 is 17.6 Å². The van der Waals surface area contributed by atoms with Crippen LogP contribution in [-0.2, 0) is 12.6 Å². The Labute approximate surface area is 119 Å². The lowest BCUT2D eigenvalue weighted by atomic mass is 9.99. The van der Waals surface area contributed by atoms with Gasteiger partial charge in [0, 0.05) is 0 Å². The number of halogens is 5. The third-order valence-electron chi connectivity index (χ3n) is 2.96.